The van der Waals surface area contributed by atoms with Gasteiger partial charge in [-0.15, -0.1) is 11.3 Å². The Morgan fingerprint density at radius 1 is 1.70 bits per heavy atom. The summed E-state index contributed by atoms with van der Waals surface area (Å²) in [6.45, 7) is 6.20. The van der Waals surface area contributed by atoms with Crippen LogP contribution >= 0.6 is 11.3 Å². The highest BCUT2D eigenvalue weighted by molar-refractivity contribution is 7.10. The molecule has 10 heavy (non-hydrogen) atoms. The number of aromatic nitrogens is 1. The van der Waals surface area contributed by atoms with Crippen LogP contribution in [0.1, 0.15) is 24.4 Å². The molecule has 1 nitrogen and oxygen atoms in total. The van der Waals surface area contributed by atoms with Crippen LogP contribution in [0.2, 0.25) is 0 Å². The third-order valence-electron chi connectivity index (χ3n) is 1.54. The van der Waals surface area contributed by atoms with Crippen molar-refractivity contribution in [2.75, 3.05) is 0 Å². The molecule has 0 aliphatic rings. The van der Waals surface area contributed by atoms with Gasteiger partial charge >= 0.3 is 0 Å². The molecule has 0 unspecified atom stereocenters. The number of hydrogen-bond acceptors (Lipinski definition) is 2. The number of allylic oxidation sites excluding steroid dienone is 2. The molecule has 1 aromatic rings. The molecule has 1 heterocycles. The molecule has 0 aliphatic carbocycles. The number of hydrogen-bond donors (Lipinski definition) is 0. The summed E-state index contributed by atoms with van der Waals surface area (Å²) in [5.74, 6) is 0. The summed E-state index contributed by atoms with van der Waals surface area (Å²) in [7, 11) is 0. The van der Waals surface area contributed by atoms with Crippen LogP contribution in [0.25, 0.3) is 5.57 Å². The Hall–Kier alpha value is -0.630. The quantitative estimate of drug-likeness (QED) is 0.604. The van der Waals surface area contributed by atoms with Gasteiger partial charge in [0.2, 0.25) is 0 Å². The van der Waals surface area contributed by atoms with Crippen molar-refractivity contribution in [2.45, 2.75) is 20.8 Å². The van der Waals surface area contributed by atoms with Gasteiger partial charge in [0, 0.05) is 0 Å². The predicted molar refractivity (Wildman–Crippen MR) is 46.2 cm³/mol. The summed E-state index contributed by atoms with van der Waals surface area (Å²) in [4.78, 5) is 5.47. The highest BCUT2D eigenvalue weighted by Crippen LogP contribution is 2.21. The second-order valence-electron chi connectivity index (χ2n) is 2.24. The van der Waals surface area contributed by atoms with Gasteiger partial charge in [-0.25, -0.2) is 4.98 Å². The van der Waals surface area contributed by atoms with E-state index in [2.05, 4.69) is 24.9 Å². The van der Waals surface area contributed by atoms with Gasteiger partial charge in [0.05, 0.1) is 16.1 Å². The summed E-state index contributed by atoms with van der Waals surface area (Å²) in [5.41, 5.74) is 4.35. The molecule has 0 N–H and O–H groups in total. The first-order valence-corrected chi connectivity index (χ1v) is 4.17. The van der Waals surface area contributed by atoms with Crippen molar-refractivity contribution in [3.05, 3.63) is 22.2 Å². The van der Waals surface area contributed by atoms with Crippen LogP contribution in [-0.2, 0) is 0 Å². The zero-order valence-corrected chi connectivity index (χ0v) is 7.33. The van der Waals surface area contributed by atoms with Gasteiger partial charge in [-0.3, -0.25) is 0 Å². The van der Waals surface area contributed by atoms with Crippen molar-refractivity contribution < 1.29 is 0 Å². The summed E-state index contributed by atoms with van der Waals surface area (Å²) < 4.78 is 0. The number of aryl methyl sites for hydroxylation is 1. The molecule has 1 aromatic heterocycles. The molecule has 0 saturated heterocycles. The maximum Gasteiger partial charge on any atom is 0.0801 e. The van der Waals surface area contributed by atoms with Gasteiger partial charge in [0.1, 0.15) is 0 Å². The van der Waals surface area contributed by atoms with E-state index in [1.54, 1.807) is 11.3 Å². The zero-order chi connectivity index (χ0) is 7.56. The van der Waals surface area contributed by atoms with E-state index in [0.29, 0.717) is 0 Å². The van der Waals surface area contributed by atoms with Gasteiger partial charge in [-0.05, 0) is 26.3 Å². The summed E-state index contributed by atoms with van der Waals surface area (Å²) in [5, 5.41) is 0. The van der Waals surface area contributed by atoms with E-state index in [0.717, 1.165) is 5.69 Å². The minimum Gasteiger partial charge on any atom is -0.249 e. The van der Waals surface area contributed by atoms with E-state index >= 15 is 0 Å². The maximum absolute atomic E-state index is 4.16. The lowest BCUT2D eigenvalue weighted by Crippen LogP contribution is -1.77. The molecule has 0 atom stereocenters. The van der Waals surface area contributed by atoms with Gasteiger partial charge in [-0.2, -0.15) is 0 Å². The second kappa shape index (κ2) is 2.97. The highest BCUT2D eigenvalue weighted by Gasteiger charge is 2.00. The fraction of sp³-hybridized carbons (Fsp3) is 0.375. The fourth-order valence-electron chi connectivity index (χ4n) is 0.811. The van der Waals surface area contributed by atoms with Crippen molar-refractivity contribution >= 4 is 16.9 Å². The molecule has 0 saturated carbocycles. The Bertz CT molecular complexity index is 248. The lowest BCUT2D eigenvalue weighted by molar-refractivity contribution is 1.25. The van der Waals surface area contributed by atoms with Crippen LogP contribution in [0, 0.1) is 6.92 Å². The third-order valence-corrected chi connectivity index (χ3v) is 2.60. The molecule has 2 heteroatoms. The lowest BCUT2D eigenvalue weighted by Gasteiger charge is -1.94. The minimum atomic E-state index is 1.14. The first-order valence-electron chi connectivity index (χ1n) is 3.29. The first kappa shape index (κ1) is 7.48. The van der Waals surface area contributed by atoms with Gasteiger partial charge < -0.3 is 0 Å². The molecule has 0 fully saturated rings. The lowest BCUT2D eigenvalue weighted by atomic mass is 10.2. The molecule has 0 aromatic carbocycles. The van der Waals surface area contributed by atoms with E-state index in [9.17, 15) is 0 Å². The molecule has 0 aliphatic heterocycles. The largest absolute Gasteiger partial charge is 0.249 e. The molecule has 0 amide bonds. The van der Waals surface area contributed by atoms with Crippen LogP contribution in [-0.4, -0.2) is 4.98 Å². The van der Waals surface area contributed by atoms with Crippen molar-refractivity contribution in [1.29, 1.82) is 0 Å². The average Bonchev–Trinajstić information content (AvgIpc) is 2.34. The molecule has 54 valence electrons. The zero-order valence-electron chi connectivity index (χ0n) is 6.51. The van der Waals surface area contributed by atoms with Crippen LogP contribution in [0.15, 0.2) is 11.6 Å². The van der Waals surface area contributed by atoms with Gasteiger partial charge in [0.15, 0.2) is 0 Å². The van der Waals surface area contributed by atoms with E-state index < -0.39 is 0 Å². The Morgan fingerprint density at radius 2 is 2.40 bits per heavy atom. The van der Waals surface area contributed by atoms with Crippen molar-refractivity contribution in [3.8, 4) is 0 Å². The van der Waals surface area contributed by atoms with Crippen molar-refractivity contribution in [2.24, 2.45) is 0 Å². The smallest absolute Gasteiger partial charge is 0.0801 e. The molecule has 1 rings (SSSR count). The minimum absolute atomic E-state index is 1.14. The van der Waals surface area contributed by atoms with Crippen LogP contribution in [0.5, 0.6) is 0 Å². The van der Waals surface area contributed by atoms with Crippen molar-refractivity contribution in [3.63, 3.8) is 0 Å². The molecule has 0 spiro atoms. The summed E-state index contributed by atoms with van der Waals surface area (Å²) >= 11 is 1.70. The van der Waals surface area contributed by atoms with E-state index in [-0.39, 0.29) is 0 Å². The Labute approximate surface area is 65.4 Å². The Kier molecular flexibility index (Phi) is 2.22. The van der Waals surface area contributed by atoms with Gasteiger partial charge in [-0.1, -0.05) is 6.08 Å². The first-order chi connectivity index (χ1) is 4.75. The Balaban J connectivity index is 3.05. The van der Waals surface area contributed by atoms with E-state index in [1.165, 1.54) is 10.5 Å². The van der Waals surface area contributed by atoms with E-state index in [1.807, 2.05) is 12.4 Å². The number of rotatable bonds is 1. The van der Waals surface area contributed by atoms with Crippen LogP contribution in [0.4, 0.5) is 0 Å². The number of thiazole rings is 1. The summed E-state index contributed by atoms with van der Waals surface area (Å²) in [6.07, 6.45) is 2.11. The SMILES string of the molecule is C/C=C(/C)c1scnc1C. The second-order valence-corrected chi connectivity index (χ2v) is 3.09. The molecular weight excluding hydrogens is 142 g/mol. The highest BCUT2D eigenvalue weighted by atomic mass is 32.1. The summed E-state index contributed by atoms with van der Waals surface area (Å²) in [6, 6.07) is 0. The van der Waals surface area contributed by atoms with Crippen molar-refractivity contribution in [1.82, 2.24) is 4.98 Å². The third kappa shape index (κ3) is 1.27. The maximum atomic E-state index is 4.16. The monoisotopic (exact) mass is 153 g/mol. The molecular formula is C8H11NS. The topological polar surface area (TPSA) is 12.9 Å². The van der Waals surface area contributed by atoms with E-state index in [4.69, 9.17) is 0 Å². The fourth-order valence-corrected chi connectivity index (χ4v) is 1.65. The van der Waals surface area contributed by atoms with Crippen LogP contribution in [0.3, 0.4) is 0 Å². The number of nitrogens with zero attached hydrogens (tertiary/aromatic N) is 1. The molecule has 0 radical (unpaired) electrons. The average molecular weight is 153 g/mol. The predicted octanol–water partition coefficient (Wildman–Crippen LogP) is 2.87. The standard InChI is InChI=1S/C8H11NS/c1-4-6(2)8-7(3)9-5-10-8/h4-5H,1-3H3/b6-4-. The normalized spacial score (nSPS) is 12.1. The van der Waals surface area contributed by atoms with Crippen LogP contribution < -0.4 is 0 Å². The molecule has 0 bridgehead atoms. The Morgan fingerprint density at radius 3 is 2.80 bits per heavy atom. The van der Waals surface area contributed by atoms with Gasteiger partial charge in [0.25, 0.3) is 0 Å².